The lowest BCUT2D eigenvalue weighted by Crippen LogP contribution is -2.46. The zero-order chi connectivity index (χ0) is 21.8. The van der Waals surface area contributed by atoms with Gasteiger partial charge in [0.25, 0.3) is 0 Å². The Bertz CT molecular complexity index is 1050. The molecule has 160 valence electrons. The van der Waals surface area contributed by atoms with E-state index in [1.807, 2.05) is 6.07 Å². The smallest absolute Gasteiger partial charge is 0.159 e. The molecule has 0 radical (unpaired) electrons. The number of piperidine rings is 1. The first kappa shape index (κ1) is 20.7. The monoisotopic (exact) mass is 422 g/mol. The molecule has 3 aromatic rings. The van der Waals surface area contributed by atoms with Crippen molar-refractivity contribution >= 4 is 17.3 Å². The summed E-state index contributed by atoms with van der Waals surface area (Å²) in [7, 11) is 0. The first-order valence-corrected chi connectivity index (χ1v) is 9.95. The van der Waals surface area contributed by atoms with Crippen LogP contribution < -0.4 is 16.0 Å². The average molecular weight is 422 g/mol. The number of anilines is 3. The number of aliphatic hydroxyl groups is 1. The summed E-state index contributed by atoms with van der Waals surface area (Å²) in [5.74, 6) is 0.869. The number of aliphatic hydroxyl groups excluding tert-OH is 1. The molecule has 2 aromatic heterocycles. The summed E-state index contributed by atoms with van der Waals surface area (Å²) in [5.41, 5.74) is 6.24. The van der Waals surface area contributed by atoms with Crippen molar-refractivity contribution in [1.29, 1.82) is 5.26 Å². The van der Waals surface area contributed by atoms with Crippen LogP contribution in [0, 0.1) is 17.1 Å². The highest BCUT2D eigenvalue weighted by molar-refractivity contribution is 5.59. The lowest BCUT2D eigenvalue weighted by molar-refractivity contribution is 0.183. The van der Waals surface area contributed by atoms with E-state index in [4.69, 9.17) is 5.73 Å². The molecular formula is C21H23FN8O. The summed E-state index contributed by atoms with van der Waals surface area (Å²) in [6.07, 6.45) is 5.26. The number of benzene rings is 1. The van der Waals surface area contributed by atoms with Crippen LogP contribution in [0.15, 0.2) is 49.1 Å². The predicted molar refractivity (Wildman–Crippen MR) is 113 cm³/mol. The van der Waals surface area contributed by atoms with Crippen molar-refractivity contribution in [3.8, 4) is 6.07 Å². The van der Waals surface area contributed by atoms with Gasteiger partial charge in [0.1, 0.15) is 24.2 Å². The van der Waals surface area contributed by atoms with Crippen molar-refractivity contribution in [2.45, 2.75) is 31.0 Å². The first-order chi connectivity index (χ1) is 15.0. The molecule has 0 bridgehead atoms. The summed E-state index contributed by atoms with van der Waals surface area (Å²) in [6, 6.07) is 9.96. The molecule has 3 heterocycles. The Morgan fingerprint density at radius 2 is 2.00 bits per heavy atom. The summed E-state index contributed by atoms with van der Waals surface area (Å²) in [6.45, 7) is 1.39. The molecule has 1 atom stereocenters. The number of nitrogens with two attached hydrogens (primary N) is 1. The van der Waals surface area contributed by atoms with Gasteiger partial charge in [-0.05, 0) is 43.2 Å². The third-order valence-electron chi connectivity index (χ3n) is 5.65. The van der Waals surface area contributed by atoms with E-state index >= 15 is 0 Å². The van der Waals surface area contributed by atoms with E-state index in [1.54, 1.807) is 29.2 Å². The highest BCUT2D eigenvalue weighted by Crippen LogP contribution is 2.36. The van der Waals surface area contributed by atoms with Gasteiger partial charge in [-0.3, -0.25) is 4.68 Å². The zero-order valence-corrected chi connectivity index (χ0v) is 16.8. The number of hydrogen-bond acceptors (Lipinski definition) is 8. The average Bonchev–Trinajstić information content (AvgIpc) is 3.21. The van der Waals surface area contributed by atoms with Gasteiger partial charge in [-0.2, -0.15) is 10.4 Å². The van der Waals surface area contributed by atoms with Crippen molar-refractivity contribution in [3.63, 3.8) is 0 Å². The molecule has 0 spiro atoms. The molecule has 1 aromatic carbocycles. The van der Waals surface area contributed by atoms with Crippen LogP contribution >= 0.6 is 0 Å². The van der Waals surface area contributed by atoms with Crippen LogP contribution in [0.2, 0.25) is 0 Å². The Kier molecular flexibility index (Phi) is 5.79. The zero-order valence-electron chi connectivity index (χ0n) is 16.8. The molecule has 1 aliphatic rings. The SMILES string of the molecule is N#CCC1(n2cc(C(N)O)c(Nc3ccc(F)cc3)n2)CCN(c2ccncn2)CC1. The largest absolute Gasteiger partial charge is 0.374 e. The van der Waals surface area contributed by atoms with E-state index in [-0.39, 0.29) is 12.2 Å². The van der Waals surface area contributed by atoms with Crippen LogP contribution in [0.1, 0.15) is 31.1 Å². The second-order valence-corrected chi connectivity index (χ2v) is 7.57. The number of nitrogens with one attached hydrogen (secondary N) is 1. The molecule has 31 heavy (non-hydrogen) atoms. The fraction of sp³-hybridized carbons (Fsp3) is 0.333. The van der Waals surface area contributed by atoms with Gasteiger partial charge in [-0.15, -0.1) is 0 Å². The second-order valence-electron chi connectivity index (χ2n) is 7.57. The topological polar surface area (TPSA) is 129 Å². The molecule has 0 aliphatic carbocycles. The third kappa shape index (κ3) is 4.33. The number of nitrogens with zero attached hydrogens (tertiary/aromatic N) is 6. The van der Waals surface area contributed by atoms with Crippen LogP contribution in [0.4, 0.5) is 21.7 Å². The minimum Gasteiger partial charge on any atom is -0.374 e. The third-order valence-corrected chi connectivity index (χ3v) is 5.65. The Labute approximate surface area is 179 Å². The number of aromatic nitrogens is 4. The highest BCUT2D eigenvalue weighted by atomic mass is 19.1. The summed E-state index contributed by atoms with van der Waals surface area (Å²) in [4.78, 5) is 10.4. The van der Waals surface area contributed by atoms with Crippen LogP contribution in [-0.2, 0) is 5.54 Å². The van der Waals surface area contributed by atoms with Crippen molar-refractivity contribution in [3.05, 3.63) is 60.4 Å². The molecular weight excluding hydrogens is 399 g/mol. The Morgan fingerprint density at radius 1 is 1.26 bits per heavy atom. The number of hydrogen-bond donors (Lipinski definition) is 3. The first-order valence-electron chi connectivity index (χ1n) is 9.95. The lowest BCUT2D eigenvalue weighted by Gasteiger charge is -2.41. The van der Waals surface area contributed by atoms with E-state index in [0.29, 0.717) is 43.0 Å². The second kappa shape index (κ2) is 8.67. The molecule has 1 fully saturated rings. The lowest BCUT2D eigenvalue weighted by atomic mass is 9.85. The van der Waals surface area contributed by atoms with Gasteiger partial charge in [0.15, 0.2) is 5.82 Å². The van der Waals surface area contributed by atoms with Crippen molar-refractivity contribution in [2.75, 3.05) is 23.3 Å². The molecule has 1 unspecified atom stereocenters. The predicted octanol–water partition coefficient (Wildman–Crippen LogP) is 2.41. The maximum atomic E-state index is 13.2. The highest BCUT2D eigenvalue weighted by Gasteiger charge is 2.38. The Morgan fingerprint density at radius 3 is 2.61 bits per heavy atom. The Hall–Kier alpha value is -3.55. The maximum absolute atomic E-state index is 13.2. The van der Waals surface area contributed by atoms with Crippen LogP contribution in [0.25, 0.3) is 0 Å². The van der Waals surface area contributed by atoms with Crippen molar-refractivity contribution < 1.29 is 9.50 Å². The molecule has 0 saturated carbocycles. The van der Waals surface area contributed by atoms with Gasteiger partial charge in [-0.25, -0.2) is 14.4 Å². The number of halogens is 1. The van der Waals surface area contributed by atoms with Crippen LogP contribution in [-0.4, -0.2) is 37.9 Å². The fourth-order valence-corrected chi connectivity index (χ4v) is 3.87. The van der Waals surface area contributed by atoms with E-state index in [9.17, 15) is 14.8 Å². The van der Waals surface area contributed by atoms with Gasteiger partial charge in [0, 0.05) is 31.2 Å². The molecule has 1 saturated heterocycles. The van der Waals surface area contributed by atoms with Gasteiger partial charge < -0.3 is 21.1 Å². The van der Waals surface area contributed by atoms with Crippen LogP contribution in [0.5, 0.6) is 0 Å². The maximum Gasteiger partial charge on any atom is 0.159 e. The summed E-state index contributed by atoms with van der Waals surface area (Å²) < 4.78 is 15.0. The van der Waals surface area contributed by atoms with E-state index < -0.39 is 11.8 Å². The van der Waals surface area contributed by atoms with E-state index in [1.165, 1.54) is 18.5 Å². The molecule has 4 rings (SSSR count). The van der Waals surface area contributed by atoms with Crippen molar-refractivity contribution in [1.82, 2.24) is 19.7 Å². The molecule has 4 N–H and O–H groups in total. The van der Waals surface area contributed by atoms with E-state index in [2.05, 4.69) is 31.4 Å². The number of nitriles is 1. The molecule has 9 nitrogen and oxygen atoms in total. The quantitative estimate of drug-likeness (QED) is 0.517. The standard InChI is InChI=1S/C21H23FN8O/c22-15-1-3-16(4-2-15)27-20-17(19(24)31)13-30(28-20)21(6-9-23)7-11-29(12-8-21)18-5-10-25-14-26-18/h1-5,10,13-14,19,31H,6-8,11-12,24H2,(H,27,28). The van der Waals surface area contributed by atoms with Crippen molar-refractivity contribution in [2.24, 2.45) is 5.73 Å². The minimum atomic E-state index is -1.25. The minimum absolute atomic E-state index is 0.266. The van der Waals surface area contributed by atoms with Crippen LogP contribution in [0.3, 0.4) is 0 Å². The fourth-order valence-electron chi connectivity index (χ4n) is 3.87. The Balaban J connectivity index is 1.61. The van der Waals surface area contributed by atoms with Gasteiger partial charge >= 0.3 is 0 Å². The van der Waals surface area contributed by atoms with Gasteiger partial charge in [0.05, 0.1) is 23.6 Å². The molecule has 10 heteroatoms. The van der Waals surface area contributed by atoms with Gasteiger partial charge in [-0.1, -0.05) is 0 Å². The van der Waals surface area contributed by atoms with Gasteiger partial charge in [0.2, 0.25) is 0 Å². The molecule has 1 aliphatic heterocycles. The summed E-state index contributed by atoms with van der Waals surface area (Å²) >= 11 is 0. The van der Waals surface area contributed by atoms with E-state index in [0.717, 1.165) is 5.82 Å². The number of rotatable bonds is 6. The summed E-state index contributed by atoms with van der Waals surface area (Å²) in [5, 5.41) is 27.3. The molecule has 0 amide bonds. The normalized spacial score (nSPS) is 16.5.